The molecule has 3 rings (SSSR count). The van der Waals surface area contributed by atoms with E-state index in [0.29, 0.717) is 5.92 Å². The van der Waals surface area contributed by atoms with Gasteiger partial charge in [0.05, 0.1) is 5.52 Å². The lowest BCUT2D eigenvalue weighted by atomic mass is 9.83. The van der Waals surface area contributed by atoms with Crippen LogP contribution < -0.4 is 0 Å². The normalized spacial score (nSPS) is 17.9. The minimum absolute atomic E-state index is 0.681. The van der Waals surface area contributed by atoms with E-state index < -0.39 is 0 Å². The zero-order valence-corrected chi connectivity index (χ0v) is 12.0. The van der Waals surface area contributed by atoms with Gasteiger partial charge in [-0.15, -0.1) is 0 Å². The molecule has 1 aliphatic rings. The maximum atomic E-state index is 4.83. The topological polar surface area (TPSA) is 12.9 Å². The first-order valence-corrected chi connectivity index (χ1v) is 7.15. The van der Waals surface area contributed by atoms with Crippen molar-refractivity contribution < 1.29 is 0 Å². The number of aromatic nitrogens is 1. The van der Waals surface area contributed by atoms with Crippen LogP contribution in [0.1, 0.15) is 56.4 Å². The monoisotopic (exact) mass is 241 g/mol. The van der Waals surface area contributed by atoms with E-state index in [1.54, 1.807) is 0 Å². The number of rotatable bonds is 0. The summed E-state index contributed by atoms with van der Waals surface area (Å²) in [7, 11) is 0. The molecule has 0 saturated heterocycles. The third kappa shape index (κ3) is 2.14. The van der Waals surface area contributed by atoms with Gasteiger partial charge in [-0.1, -0.05) is 39.0 Å². The highest BCUT2D eigenvalue weighted by molar-refractivity contribution is 5.83. The number of pyridine rings is 1. The molecule has 2 aromatic rings. The molecule has 1 aliphatic carbocycles. The molecule has 1 aromatic carbocycles. The highest BCUT2D eigenvalue weighted by Gasteiger charge is 2.20. The van der Waals surface area contributed by atoms with Gasteiger partial charge in [0.15, 0.2) is 0 Å². The van der Waals surface area contributed by atoms with E-state index in [0.717, 1.165) is 11.9 Å². The molecule has 1 aromatic heterocycles. The van der Waals surface area contributed by atoms with Crippen LogP contribution in [-0.2, 0) is 6.42 Å². The fourth-order valence-corrected chi connectivity index (χ4v) is 3.02. The van der Waals surface area contributed by atoms with Gasteiger partial charge in [-0.25, -0.2) is 0 Å². The smallest absolute Gasteiger partial charge is 0.0708 e. The van der Waals surface area contributed by atoms with E-state index in [2.05, 4.69) is 38.1 Å². The zero-order chi connectivity index (χ0) is 13.1. The van der Waals surface area contributed by atoms with Gasteiger partial charge in [0.25, 0.3) is 0 Å². The predicted molar refractivity (Wildman–Crippen MR) is 79.2 cm³/mol. The van der Waals surface area contributed by atoms with Gasteiger partial charge in [-0.3, -0.25) is 4.98 Å². The number of nitrogens with zero attached hydrogens (tertiary/aromatic N) is 1. The fraction of sp³-hybridized carbons (Fsp3) is 0.471. The van der Waals surface area contributed by atoms with E-state index in [-0.39, 0.29) is 0 Å². The summed E-state index contributed by atoms with van der Waals surface area (Å²) in [6.45, 7) is 8.59. The third-order valence-electron chi connectivity index (χ3n) is 3.82. The largest absolute Gasteiger partial charge is 0.253 e. The SMILES string of the molecule is CC.Cc1c2c(nc3ccccc13)CCCC2C. The number of fused-ring (bicyclic) bond motifs is 2. The van der Waals surface area contributed by atoms with Crippen molar-refractivity contribution in [2.24, 2.45) is 0 Å². The van der Waals surface area contributed by atoms with Gasteiger partial charge in [0, 0.05) is 11.1 Å². The maximum Gasteiger partial charge on any atom is 0.0708 e. The Kier molecular flexibility index (Phi) is 4.00. The van der Waals surface area contributed by atoms with Crippen LogP contribution in [0.15, 0.2) is 24.3 Å². The molecule has 0 aliphatic heterocycles. The average molecular weight is 241 g/mol. The fourth-order valence-electron chi connectivity index (χ4n) is 3.02. The molecule has 0 N–H and O–H groups in total. The number of benzene rings is 1. The molecule has 0 spiro atoms. The van der Waals surface area contributed by atoms with E-state index in [1.165, 1.54) is 35.0 Å². The van der Waals surface area contributed by atoms with Gasteiger partial charge in [-0.05, 0) is 49.3 Å². The molecule has 1 heterocycles. The van der Waals surface area contributed by atoms with Gasteiger partial charge >= 0.3 is 0 Å². The second kappa shape index (κ2) is 5.51. The van der Waals surface area contributed by atoms with Crippen LogP contribution in [0.4, 0.5) is 0 Å². The Morgan fingerprint density at radius 1 is 1.17 bits per heavy atom. The lowest BCUT2D eigenvalue weighted by Gasteiger charge is -2.24. The van der Waals surface area contributed by atoms with Crippen LogP contribution in [0.5, 0.6) is 0 Å². The Morgan fingerprint density at radius 2 is 1.89 bits per heavy atom. The molecule has 96 valence electrons. The minimum atomic E-state index is 0.681. The van der Waals surface area contributed by atoms with Gasteiger partial charge in [0.1, 0.15) is 0 Å². The Morgan fingerprint density at radius 3 is 2.67 bits per heavy atom. The average Bonchev–Trinajstić information content (AvgIpc) is 2.41. The van der Waals surface area contributed by atoms with Crippen molar-refractivity contribution in [3.63, 3.8) is 0 Å². The molecule has 1 unspecified atom stereocenters. The highest BCUT2D eigenvalue weighted by Crippen LogP contribution is 2.35. The summed E-state index contributed by atoms with van der Waals surface area (Å²) in [5.41, 5.74) is 5.47. The van der Waals surface area contributed by atoms with E-state index >= 15 is 0 Å². The molecule has 18 heavy (non-hydrogen) atoms. The molecule has 1 heteroatoms. The Balaban J connectivity index is 0.000000574. The Labute approximate surface area is 110 Å². The van der Waals surface area contributed by atoms with Crippen LogP contribution in [0.3, 0.4) is 0 Å². The molecule has 0 saturated carbocycles. The van der Waals surface area contributed by atoms with Gasteiger partial charge in [-0.2, -0.15) is 0 Å². The number of para-hydroxylation sites is 1. The van der Waals surface area contributed by atoms with Crippen molar-refractivity contribution in [3.8, 4) is 0 Å². The van der Waals surface area contributed by atoms with E-state index in [1.807, 2.05) is 13.8 Å². The summed E-state index contributed by atoms with van der Waals surface area (Å²) >= 11 is 0. The standard InChI is InChI=1S/C15H17N.C2H6/c1-10-6-5-9-14-15(10)11(2)12-7-3-4-8-13(12)16-14;1-2/h3-4,7-8,10H,5-6,9H2,1-2H3;1-2H3. The molecule has 1 nitrogen and oxygen atoms in total. The van der Waals surface area contributed by atoms with E-state index in [4.69, 9.17) is 4.98 Å². The Hall–Kier alpha value is -1.37. The minimum Gasteiger partial charge on any atom is -0.253 e. The van der Waals surface area contributed by atoms with Crippen molar-refractivity contribution in [1.29, 1.82) is 0 Å². The molecule has 1 atom stereocenters. The number of hydrogen-bond acceptors (Lipinski definition) is 1. The molecule has 0 bridgehead atoms. The van der Waals surface area contributed by atoms with E-state index in [9.17, 15) is 0 Å². The summed E-state index contributed by atoms with van der Waals surface area (Å²) in [4.78, 5) is 4.83. The number of hydrogen-bond donors (Lipinski definition) is 0. The first-order chi connectivity index (χ1) is 8.77. The molecular formula is C17H23N. The lowest BCUT2D eigenvalue weighted by molar-refractivity contribution is 0.578. The second-order valence-corrected chi connectivity index (χ2v) is 4.91. The molecule has 0 fully saturated rings. The second-order valence-electron chi connectivity index (χ2n) is 4.91. The van der Waals surface area contributed by atoms with Gasteiger partial charge in [0.2, 0.25) is 0 Å². The Bertz CT molecular complexity index is 543. The summed E-state index contributed by atoms with van der Waals surface area (Å²) in [6, 6.07) is 8.51. The molecule has 0 amide bonds. The van der Waals surface area contributed by atoms with Crippen molar-refractivity contribution in [1.82, 2.24) is 4.98 Å². The highest BCUT2D eigenvalue weighted by atomic mass is 14.7. The van der Waals surface area contributed by atoms with Crippen LogP contribution in [0.2, 0.25) is 0 Å². The van der Waals surface area contributed by atoms with Crippen molar-refractivity contribution in [2.75, 3.05) is 0 Å². The third-order valence-corrected chi connectivity index (χ3v) is 3.82. The van der Waals surface area contributed by atoms with Crippen molar-refractivity contribution in [3.05, 3.63) is 41.1 Å². The first-order valence-electron chi connectivity index (χ1n) is 7.15. The van der Waals surface area contributed by atoms with Crippen LogP contribution in [0.25, 0.3) is 10.9 Å². The van der Waals surface area contributed by atoms with Crippen LogP contribution in [0, 0.1) is 6.92 Å². The van der Waals surface area contributed by atoms with Crippen molar-refractivity contribution >= 4 is 10.9 Å². The summed E-state index contributed by atoms with van der Waals surface area (Å²) < 4.78 is 0. The lowest BCUT2D eigenvalue weighted by Crippen LogP contribution is -2.11. The first kappa shape index (κ1) is 13.1. The zero-order valence-electron chi connectivity index (χ0n) is 12.0. The molecule has 0 radical (unpaired) electrons. The van der Waals surface area contributed by atoms with Gasteiger partial charge < -0.3 is 0 Å². The quantitative estimate of drug-likeness (QED) is 0.632. The predicted octanol–water partition coefficient (Wildman–Crippen LogP) is 5.01. The van der Waals surface area contributed by atoms with Crippen LogP contribution in [-0.4, -0.2) is 4.98 Å². The summed E-state index contributed by atoms with van der Waals surface area (Å²) in [6.07, 6.45) is 3.76. The van der Waals surface area contributed by atoms with Crippen molar-refractivity contribution in [2.45, 2.75) is 52.9 Å². The number of aryl methyl sites for hydroxylation is 2. The van der Waals surface area contributed by atoms with Crippen LogP contribution >= 0.6 is 0 Å². The summed E-state index contributed by atoms with van der Waals surface area (Å²) in [5, 5.41) is 1.33. The summed E-state index contributed by atoms with van der Waals surface area (Å²) in [5.74, 6) is 0.681. The maximum absolute atomic E-state index is 4.83. The molecular weight excluding hydrogens is 218 g/mol.